The molecule has 0 radical (unpaired) electrons. The van der Waals surface area contributed by atoms with Gasteiger partial charge in [0.15, 0.2) is 0 Å². The van der Waals surface area contributed by atoms with Crippen LogP contribution in [0.1, 0.15) is 40.7 Å². The van der Waals surface area contributed by atoms with Gasteiger partial charge in [0, 0.05) is 17.9 Å². The smallest absolute Gasteiger partial charge is 0.224 e. The lowest BCUT2D eigenvalue weighted by Crippen LogP contribution is -2.13. The molecule has 2 aromatic carbocycles. The maximum absolute atomic E-state index is 12.2. The summed E-state index contributed by atoms with van der Waals surface area (Å²) in [6.45, 7) is 8.28. The van der Waals surface area contributed by atoms with E-state index in [9.17, 15) is 4.79 Å². The van der Waals surface area contributed by atoms with Gasteiger partial charge in [-0.3, -0.25) is 4.79 Å². The van der Waals surface area contributed by atoms with Crippen LogP contribution in [0.3, 0.4) is 0 Å². The molecule has 1 amide bonds. The Morgan fingerprint density at radius 3 is 2.21 bits per heavy atom. The highest BCUT2D eigenvalue weighted by Gasteiger charge is 2.08. The summed E-state index contributed by atoms with van der Waals surface area (Å²) in [6, 6.07) is 12.9. The summed E-state index contributed by atoms with van der Waals surface area (Å²) < 4.78 is 0. The van der Waals surface area contributed by atoms with E-state index in [0.29, 0.717) is 6.42 Å². The second-order valence-electron chi connectivity index (χ2n) is 6.46. The van der Waals surface area contributed by atoms with Crippen LogP contribution in [-0.2, 0) is 10.5 Å². The highest BCUT2D eigenvalue weighted by molar-refractivity contribution is 7.98. The van der Waals surface area contributed by atoms with Crippen molar-refractivity contribution in [1.82, 2.24) is 0 Å². The fourth-order valence-corrected chi connectivity index (χ4v) is 3.71. The van der Waals surface area contributed by atoms with Crippen LogP contribution in [0.4, 0.5) is 5.69 Å². The minimum Gasteiger partial charge on any atom is -0.326 e. The van der Waals surface area contributed by atoms with Crippen LogP contribution in [0, 0.1) is 27.7 Å². The number of anilines is 1. The fraction of sp³-hybridized carbons (Fsp3) is 0.381. The predicted molar refractivity (Wildman–Crippen MR) is 106 cm³/mol. The first-order valence-electron chi connectivity index (χ1n) is 8.46. The Labute approximate surface area is 150 Å². The highest BCUT2D eigenvalue weighted by atomic mass is 32.2. The fourth-order valence-electron chi connectivity index (χ4n) is 2.79. The Morgan fingerprint density at radius 2 is 1.58 bits per heavy atom. The number of carbonyl (C=O) groups is 1. The quantitative estimate of drug-likeness (QED) is 0.667. The molecule has 3 heteroatoms. The van der Waals surface area contributed by atoms with Crippen molar-refractivity contribution in [2.75, 3.05) is 11.1 Å². The Balaban J connectivity index is 1.71. The number of benzene rings is 2. The van der Waals surface area contributed by atoms with Gasteiger partial charge in [0.1, 0.15) is 0 Å². The van der Waals surface area contributed by atoms with E-state index < -0.39 is 0 Å². The predicted octanol–water partition coefficient (Wildman–Crippen LogP) is 5.57. The van der Waals surface area contributed by atoms with Crippen molar-refractivity contribution < 1.29 is 4.79 Å². The van der Waals surface area contributed by atoms with Crippen LogP contribution >= 0.6 is 11.8 Å². The summed E-state index contributed by atoms with van der Waals surface area (Å²) in [6.07, 6.45) is 1.49. The molecule has 24 heavy (non-hydrogen) atoms. The summed E-state index contributed by atoms with van der Waals surface area (Å²) in [4.78, 5) is 12.2. The molecule has 0 aliphatic heterocycles. The largest absolute Gasteiger partial charge is 0.326 e. The Morgan fingerprint density at radius 1 is 0.958 bits per heavy atom. The summed E-state index contributed by atoms with van der Waals surface area (Å²) >= 11 is 1.89. The van der Waals surface area contributed by atoms with E-state index in [1.807, 2.05) is 25.6 Å². The van der Waals surface area contributed by atoms with Gasteiger partial charge in [0.2, 0.25) is 5.91 Å². The monoisotopic (exact) mass is 341 g/mol. The number of carbonyl (C=O) groups excluding carboxylic acids is 1. The molecule has 128 valence electrons. The molecule has 1 N–H and O–H groups in total. The zero-order chi connectivity index (χ0) is 17.5. The number of nitrogens with one attached hydrogen (secondary N) is 1. The minimum absolute atomic E-state index is 0.112. The van der Waals surface area contributed by atoms with Gasteiger partial charge in [-0.2, -0.15) is 11.8 Å². The molecule has 0 fully saturated rings. The van der Waals surface area contributed by atoms with E-state index >= 15 is 0 Å². The third-order valence-corrected chi connectivity index (χ3v) is 5.14. The molecule has 2 nitrogen and oxygen atoms in total. The van der Waals surface area contributed by atoms with Crippen LogP contribution < -0.4 is 5.32 Å². The number of aryl methyl sites for hydroxylation is 4. The minimum atomic E-state index is 0.112. The first-order chi connectivity index (χ1) is 11.5. The first-order valence-corrected chi connectivity index (χ1v) is 9.62. The second-order valence-corrected chi connectivity index (χ2v) is 7.57. The van der Waals surface area contributed by atoms with Crippen molar-refractivity contribution in [3.05, 3.63) is 64.2 Å². The van der Waals surface area contributed by atoms with Gasteiger partial charge in [-0.25, -0.2) is 0 Å². The van der Waals surface area contributed by atoms with Gasteiger partial charge >= 0.3 is 0 Å². The lowest BCUT2D eigenvalue weighted by molar-refractivity contribution is -0.116. The lowest BCUT2D eigenvalue weighted by Gasteiger charge is -2.12. The summed E-state index contributed by atoms with van der Waals surface area (Å²) in [5, 5.41) is 3.07. The van der Waals surface area contributed by atoms with Gasteiger partial charge in [-0.1, -0.05) is 47.5 Å². The van der Waals surface area contributed by atoms with Crippen molar-refractivity contribution in [3.8, 4) is 0 Å². The lowest BCUT2D eigenvalue weighted by atomic mass is 10.0. The Kier molecular flexibility index (Phi) is 6.92. The number of hydrogen-bond acceptors (Lipinski definition) is 2. The molecule has 0 atom stereocenters. The Bertz CT molecular complexity index is 668. The number of amides is 1. The van der Waals surface area contributed by atoms with Crippen molar-refractivity contribution in [3.63, 3.8) is 0 Å². The van der Waals surface area contributed by atoms with Gasteiger partial charge < -0.3 is 5.32 Å². The van der Waals surface area contributed by atoms with Crippen molar-refractivity contribution in [1.29, 1.82) is 0 Å². The van der Waals surface area contributed by atoms with Crippen LogP contribution in [0.2, 0.25) is 0 Å². The number of hydrogen-bond donors (Lipinski definition) is 1. The highest BCUT2D eigenvalue weighted by Crippen LogP contribution is 2.22. The molecule has 0 bridgehead atoms. The van der Waals surface area contributed by atoms with Crippen LogP contribution in [0.15, 0.2) is 36.4 Å². The average molecular weight is 342 g/mol. The maximum atomic E-state index is 12.2. The molecular formula is C21H27NOS. The van der Waals surface area contributed by atoms with Crippen LogP contribution in [0.5, 0.6) is 0 Å². The molecule has 0 saturated carbocycles. The zero-order valence-corrected chi connectivity index (χ0v) is 15.9. The van der Waals surface area contributed by atoms with E-state index in [2.05, 4.69) is 55.6 Å². The molecule has 0 aromatic heterocycles. The van der Waals surface area contributed by atoms with Crippen molar-refractivity contribution in [2.45, 2.75) is 46.3 Å². The topological polar surface area (TPSA) is 29.1 Å². The maximum Gasteiger partial charge on any atom is 0.224 e. The molecule has 0 spiro atoms. The number of thioether (sulfide) groups is 1. The summed E-state index contributed by atoms with van der Waals surface area (Å²) in [5.41, 5.74) is 7.11. The van der Waals surface area contributed by atoms with Gasteiger partial charge in [-0.15, -0.1) is 0 Å². The van der Waals surface area contributed by atoms with E-state index in [1.54, 1.807) is 0 Å². The molecule has 0 aliphatic carbocycles. The zero-order valence-electron chi connectivity index (χ0n) is 15.1. The van der Waals surface area contributed by atoms with E-state index in [0.717, 1.165) is 34.7 Å². The molecule has 0 unspecified atom stereocenters. The first kappa shape index (κ1) is 18.6. The third-order valence-electron chi connectivity index (χ3n) is 4.02. The van der Waals surface area contributed by atoms with Crippen LogP contribution in [0.25, 0.3) is 0 Å². The standard InChI is InChI=1S/C21H27NOS/c1-15-7-9-19(10-8-15)14-24-11-5-6-20(23)22-21-17(3)12-16(2)13-18(21)4/h7-10,12-13H,5-6,11,14H2,1-4H3,(H,22,23). The molecule has 0 saturated heterocycles. The van der Waals surface area contributed by atoms with Gasteiger partial charge in [-0.05, 0) is 56.6 Å². The second kappa shape index (κ2) is 8.93. The van der Waals surface area contributed by atoms with E-state index in [-0.39, 0.29) is 5.91 Å². The summed E-state index contributed by atoms with van der Waals surface area (Å²) in [7, 11) is 0. The molecular weight excluding hydrogens is 314 g/mol. The number of rotatable bonds is 7. The van der Waals surface area contributed by atoms with Crippen LogP contribution in [-0.4, -0.2) is 11.7 Å². The molecule has 0 heterocycles. The summed E-state index contributed by atoms with van der Waals surface area (Å²) in [5.74, 6) is 2.13. The van der Waals surface area contributed by atoms with E-state index in [4.69, 9.17) is 0 Å². The molecule has 2 rings (SSSR count). The SMILES string of the molecule is Cc1ccc(CSCCCC(=O)Nc2c(C)cc(C)cc2C)cc1. The normalized spacial score (nSPS) is 10.7. The molecule has 0 aliphatic rings. The third kappa shape index (κ3) is 5.72. The van der Waals surface area contributed by atoms with Crippen molar-refractivity contribution >= 4 is 23.4 Å². The molecule has 2 aromatic rings. The van der Waals surface area contributed by atoms with Gasteiger partial charge in [0.25, 0.3) is 0 Å². The average Bonchev–Trinajstić information content (AvgIpc) is 2.52. The van der Waals surface area contributed by atoms with Crippen molar-refractivity contribution in [2.24, 2.45) is 0 Å². The Hall–Kier alpha value is -1.74. The van der Waals surface area contributed by atoms with E-state index in [1.165, 1.54) is 16.7 Å². The van der Waals surface area contributed by atoms with Gasteiger partial charge in [0.05, 0.1) is 0 Å².